The summed E-state index contributed by atoms with van der Waals surface area (Å²) in [6.07, 6.45) is 1.58. The van der Waals surface area contributed by atoms with Crippen LogP contribution in [0.25, 0.3) is 0 Å². The van der Waals surface area contributed by atoms with Gasteiger partial charge in [0.2, 0.25) is 0 Å². The molecule has 0 aliphatic heterocycles. The van der Waals surface area contributed by atoms with E-state index in [-0.39, 0.29) is 27.3 Å². The van der Waals surface area contributed by atoms with Gasteiger partial charge in [-0.25, -0.2) is 9.59 Å². The van der Waals surface area contributed by atoms with Crippen molar-refractivity contribution in [3.8, 4) is 0 Å². The highest BCUT2D eigenvalue weighted by molar-refractivity contribution is 6.37. The molecule has 0 aliphatic carbocycles. The Morgan fingerprint density at radius 3 is 2.52 bits per heavy atom. The van der Waals surface area contributed by atoms with Crippen LogP contribution in [0.5, 0.6) is 0 Å². The maximum Gasteiger partial charge on any atom is 0.337 e. The summed E-state index contributed by atoms with van der Waals surface area (Å²) in [6.45, 7) is 7.59. The van der Waals surface area contributed by atoms with Crippen LogP contribution < -0.4 is 5.32 Å². The third-order valence-corrected chi connectivity index (χ3v) is 3.24. The Morgan fingerprint density at radius 2 is 2.05 bits per heavy atom. The van der Waals surface area contributed by atoms with Crippen LogP contribution in [0.15, 0.2) is 24.8 Å². The quantitative estimate of drug-likeness (QED) is 0.798. The number of halogens is 2. The highest BCUT2D eigenvalue weighted by Gasteiger charge is 2.21. The SMILES string of the molecule is C=CCN(C(=O)Nc1c(Cl)cc(Cl)cc1C(=O)O)C(C)C. The molecule has 0 spiro atoms. The number of rotatable bonds is 5. The molecular weight excluding hydrogens is 315 g/mol. The highest BCUT2D eigenvalue weighted by atomic mass is 35.5. The molecule has 1 aromatic rings. The molecule has 0 aromatic heterocycles. The Morgan fingerprint density at radius 1 is 1.43 bits per heavy atom. The number of amides is 2. The zero-order chi connectivity index (χ0) is 16.2. The molecule has 0 unspecified atom stereocenters. The Balaban J connectivity index is 3.15. The van der Waals surface area contributed by atoms with E-state index in [1.807, 2.05) is 13.8 Å². The number of carboxylic acid groups (broad SMARTS) is 1. The molecule has 0 aliphatic rings. The lowest BCUT2D eigenvalue weighted by atomic mass is 10.1. The summed E-state index contributed by atoms with van der Waals surface area (Å²) in [7, 11) is 0. The van der Waals surface area contributed by atoms with Crippen molar-refractivity contribution >= 4 is 40.9 Å². The van der Waals surface area contributed by atoms with Crippen molar-refractivity contribution in [3.05, 3.63) is 40.4 Å². The Labute approximate surface area is 133 Å². The molecule has 114 valence electrons. The fraction of sp³-hybridized carbons (Fsp3) is 0.286. The molecule has 0 radical (unpaired) electrons. The highest BCUT2D eigenvalue weighted by Crippen LogP contribution is 2.30. The molecule has 21 heavy (non-hydrogen) atoms. The molecule has 5 nitrogen and oxygen atoms in total. The maximum absolute atomic E-state index is 12.2. The van der Waals surface area contributed by atoms with E-state index in [1.165, 1.54) is 17.0 Å². The van der Waals surface area contributed by atoms with Crippen molar-refractivity contribution in [1.29, 1.82) is 0 Å². The van der Waals surface area contributed by atoms with Crippen molar-refractivity contribution in [3.63, 3.8) is 0 Å². The molecule has 1 rings (SSSR count). The minimum absolute atomic E-state index is 0.0216. The normalized spacial score (nSPS) is 10.3. The van der Waals surface area contributed by atoms with E-state index in [1.54, 1.807) is 6.08 Å². The van der Waals surface area contributed by atoms with Gasteiger partial charge in [0.1, 0.15) is 0 Å². The number of carbonyl (C=O) groups excluding carboxylic acids is 1. The number of nitrogens with one attached hydrogen (secondary N) is 1. The van der Waals surface area contributed by atoms with Gasteiger partial charge in [-0.1, -0.05) is 29.3 Å². The predicted molar refractivity (Wildman–Crippen MR) is 84.5 cm³/mol. The minimum Gasteiger partial charge on any atom is -0.478 e. The van der Waals surface area contributed by atoms with Gasteiger partial charge in [0.15, 0.2) is 0 Å². The molecule has 0 saturated carbocycles. The van der Waals surface area contributed by atoms with Crippen LogP contribution in [0.2, 0.25) is 10.0 Å². The van der Waals surface area contributed by atoms with Crippen molar-refractivity contribution in [1.82, 2.24) is 4.90 Å². The second-order valence-corrected chi connectivity index (χ2v) is 5.42. The smallest absolute Gasteiger partial charge is 0.337 e. The van der Waals surface area contributed by atoms with Crippen LogP contribution in [0.4, 0.5) is 10.5 Å². The summed E-state index contributed by atoms with van der Waals surface area (Å²) < 4.78 is 0. The first-order valence-corrected chi connectivity index (χ1v) is 6.94. The van der Waals surface area contributed by atoms with Crippen molar-refractivity contribution in [2.75, 3.05) is 11.9 Å². The number of urea groups is 1. The van der Waals surface area contributed by atoms with E-state index in [0.717, 1.165) is 0 Å². The molecule has 0 saturated heterocycles. The summed E-state index contributed by atoms with van der Waals surface area (Å²) in [4.78, 5) is 25.0. The summed E-state index contributed by atoms with van der Waals surface area (Å²) in [6, 6.07) is 2.07. The number of nitrogens with zero attached hydrogens (tertiary/aromatic N) is 1. The summed E-state index contributed by atoms with van der Waals surface area (Å²) >= 11 is 11.8. The summed E-state index contributed by atoms with van der Waals surface area (Å²) in [5.41, 5.74) is -0.142. The van der Waals surface area contributed by atoms with Crippen LogP contribution in [-0.2, 0) is 0 Å². The third-order valence-electron chi connectivity index (χ3n) is 2.73. The van der Waals surface area contributed by atoms with E-state index in [9.17, 15) is 14.7 Å². The third kappa shape index (κ3) is 4.37. The van der Waals surface area contributed by atoms with Gasteiger partial charge in [0.25, 0.3) is 0 Å². The topological polar surface area (TPSA) is 69.6 Å². The zero-order valence-electron chi connectivity index (χ0n) is 11.7. The fourth-order valence-electron chi connectivity index (χ4n) is 1.72. The Bertz CT molecular complexity index is 574. The standard InChI is InChI=1S/C14H16Cl2N2O3/c1-4-5-18(8(2)3)14(21)17-12-10(13(19)20)6-9(15)7-11(12)16/h4,6-8H,1,5H2,2-3H3,(H,17,21)(H,19,20). The molecule has 7 heteroatoms. The zero-order valence-corrected chi connectivity index (χ0v) is 13.2. The first-order chi connectivity index (χ1) is 9.77. The van der Waals surface area contributed by atoms with Gasteiger partial charge in [-0.2, -0.15) is 0 Å². The average molecular weight is 331 g/mol. The second-order valence-electron chi connectivity index (χ2n) is 4.58. The van der Waals surface area contributed by atoms with Gasteiger partial charge in [0, 0.05) is 17.6 Å². The second kappa shape index (κ2) is 7.33. The molecule has 0 heterocycles. The molecule has 2 amide bonds. The van der Waals surface area contributed by atoms with Crippen LogP contribution in [0, 0.1) is 0 Å². The molecular formula is C14H16Cl2N2O3. The minimum atomic E-state index is -1.23. The van der Waals surface area contributed by atoms with Gasteiger partial charge in [-0.3, -0.25) is 0 Å². The number of carbonyl (C=O) groups is 2. The Kier molecular flexibility index (Phi) is 6.05. The first kappa shape index (κ1) is 17.3. The van der Waals surface area contributed by atoms with Gasteiger partial charge >= 0.3 is 12.0 Å². The van der Waals surface area contributed by atoms with Gasteiger partial charge in [-0.05, 0) is 26.0 Å². The van der Waals surface area contributed by atoms with E-state index < -0.39 is 12.0 Å². The first-order valence-electron chi connectivity index (χ1n) is 6.18. The number of anilines is 1. The summed E-state index contributed by atoms with van der Waals surface area (Å²) in [5.74, 6) is -1.23. The lowest BCUT2D eigenvalue weighted by Gasteiger charge is -2.26. The molecule has 1 aromatic carbocycles. The fourth-order valence-corrected chi connectivity index (χ4v) is 2.26. The Hall–Kier alpha value is -1.72. The average Bonchev–Trinajstić information content (AvgIpc) is 2.37. The number of hydrogen-bond acceptors (Lipinski definition) is 2. The summed E-state index contributed by atoms with van der Waals surface area (Å²) in [5, 5.41) is 11.9. The molecule has 0 fully saturated rings. The van der Waals surface area contributed by atoms with Gasteiger partial charge in [0.05, 0.1) is 16.3 Å². The maximum atomic E-state index is 12.2. The van der Waals surface area contributed by atoms with E-state index in [2.05, 4.69) is 11.9 Å². The number of carboxylic acids is 1. The van der Waals surface area contributed by atoms with Crippen molar-refractivity contribution in [2.24, 2.45) is 0 Å². The van der Waals surface area contributed by atoms with Gasteiger partial charge < -0.3 is 15.3 Å². The van der Waals surface area contributed by atoms with Crippen LogP contribution in [0.1, 0.15) is 24.2 Å². The number of aromatic carboxylic acids is 1. The molecule has 2 N–H and O–H groups in total. The van der Waals surface area contributed by atoms with Crippen LogP contribution in [0.3, 0.4) is 0 Å². The number of hydrogen-bond donors (Lipinski definition) is 2. The van der Waals surface area contributed by atoms with Crippen molar-refractivity contribution in [2.45, 2.75) is 19.9 Å². The number of benzene rings is 1. The molecule has 0 atom stereocenters. The largest absolute Gasteiger partial charge is 0.478 e. The van der Waals surface area contributed by atoms with Crippen molar-refractivity contribution < 1.29 is 14.7 Å². The predicted octanol–water partition coefficient (Wildman–Crippen LogP) is 4.12. The van der Waals surface area contributed by atoms with Crippen LogP contribution >= 0.6 is 23.2 Å². The van der Waals surface area contributed by atoms with Gasteiger partial charge in [-0.15, -0.1) is 6.58 Å². The monoisotopic (exact) mass is 330 g/mol. The van der Waals surface area contributed by atoms with E-state index >= 15 is 0 Å². The lowest BCUT2D eigenvalue weighted by molar-refractivity contribution is 0.0698. The lowest BCUT2D eigenvalue weighted by Crippen LogP contribution is -2.40. The van der Waals surface area contributed by atoms with E-state index in [4.69, 9.17) is 23.2 Å². The van der Waals surface area contributed by atoms with Crippen LogP contribution in [-0.4, -0.2) is 34.6 Å². The molecule has 0 bridgehead atoms. The van der Waals surface area contributed by atoms with E-state index in [0.29, 0.717) is 6.54 Å².